The van der Waals surface area contributed by atoms with E-state index in [2.05, 4.69) is 66.3 Å². The molecular formula is C34H42O5S. The number of Topliss-reactive ketones (excluding diaryl/α,β-unsaturated/α-hetero) is 2. The third-order valence-corrected chi connectivity index (χ3v) is 11.8. The van der Waals surface area contributed by atoms with Crippen LogP contribution in [0, 0.1) is 33.5 Å². The molecule has 0 heterocycles. The second kappa shape index (κ2) is 10.2. The lowest BCUT2D eigenvalue weighted by atomic mass is 9.70. The van der Waals surface area contributed by atoms with Crippen LogP contribution >= 0.6 is 0 Å². The molecule has 4 aliphatic rings. The van der Waals surface area contributed by atoms with E-state index < -0.39 is 10.1 Å². The molecule has 2 aromatic rings. The molecule has 4 fully saturated rings. The zero-order chi connectivity index (χ0) is 29.7. The molecule has 0 amide bonds. The van der Waals surface area contributed by atoms with Gasteiger partial charge in [-0.2, -0.15) is 8.42 Å². The van der Waals surface area contributed by atoms with E-state index in [-0.39, 0.29) is 26.6 Å². The topological polar surface area (TPSA) is 88.5 Å². The van der Waals surface area contributed by atoms with Crippen LogP contribution in [0.1, 0.15) is 72.8 Å². The van der Waals surface area contributed by atoms with Crippen molar-refractivity contribution in [3.05, 3.63) is 84.0 Å². The summed E-state index contributed by atoms with van der Waals surface area (Å²) in [5.74, 6) is 1.60. The molecule has 0 aromatic heterocycles. The standard InChI is InChI=1S/C17H20O.C11H16O.C6H6O3S/c1-16(2)14-9-10-17(16,3)15(18)13(14)11-12-7-5-4-6-8-12;1-7-8-5-6-11(4,9(7)12)10(8,2)3;7-10(8,9)6-4-2-1-3-5-6/h4-8,11,14H,9-10H2,1-3H3;8H,1,5-6H2,2-4H3;1-5H,(H,7,8,9). The first-order valence-corrected chi connectivity index (χ1v) is 15.5. The van der Waals surface area contributed by atoms with Gasteiger partial charge in [-0.05, 0) is 83.3 Å². The van der Waals surface area contributed by atoms with Gasteiger partial charge in [-0.3, -0.25) is 14.1 Å². The SMILES string of the molecule is C=C1C(=O)C2(C)CCC1C2(C)C.CC12CCC(C(=Cc3ccccc3)C1=O)C2(C)C.O=S(=O)(O)c1ccccc1. The maximum atomic E-state index is 12.6. The molecule has 4 aliphatic carbocycles. The van der Waals surface area contributed by atoms with Gasteiger partial charge < -0.3 is 0 Å². The van der Waals surface area contributed by atoms with Crippen LogP contribution in [0.5, 0.6) is 0 Å². The monoisotopic (exact) mass is 562 g/mol. The maximum absolute atomic E-state index is 12.6. The molecule has 4 unspecified atom stereocenters. The van der Waals surface area contributed by atoms with Crippen LogP contribution in [0.2, 0.25) is 0 Å². The first-order valence-electron chi connectivity index (χ1n) is 14.1. The van der Waals surface area contributed by atoms with Crippen LogP contribution in [-0.4, -0.2) is 24.5 Å². The summed E-state index contributed by atoms with van der Waals surface area (Å²) < 4.78 is 29.2. The Bertz CT molecular complexity index is 1450. The lowest BCUT2D eigenvalue weighted by Crippen LogP contribution is -2.32. The van der Waals surface area contributed by atoms with E-state index in [0.717, 1.165) is 42.4 Å². The largest absolute Gasteiger partial charge is 0.294 e. The van der Waals surface area contributed by atoms with Gasteiger partial charge in [-0.25, -0.2) is 0 Å². The second-order valence-electron chi connectivity index (χ2n) is 13.3. The second-order valence-corrected chi connectivity index (χ2v) is 14.7. The fourth-order valence-corrected chi connectivity index (χ4v) is 7.95. The number of ketones is 2. The molecule has 0 spiro atoms. The minimum Gasteiger partial charge on any atom is -0.294 e. The Kier molecular flexibility index (Phi) is 7.70. The van der Waals surface area contributed by atoms with Crippen molar-refractivity contribution in [3.8, 4) is 0 Å². The van der Waals surface area contributed by atoms with Gasteiger partial charge in [-0.15, -0.1) is 0 Å². The summed E-state index contributed by atoms with van der Waals surface area (Å²) in [7, 11) is -4.00. The van der Waals surface area contributed by atoms with E-state index in [1.807, 2.05) is 18.2 Å². The molecular weight excluding hydrogens is 520 g/mol. The van der Waals surface area contributed by atoms with Crippen molar-refractivity contribution >= 4 is 27.8 Å². The number of carbonyl (C=O) groups is 2. The van der Waals surface area contributed by atoms with E-state index in [0.29, 0.717) is 23.4 Å². The highest BCUT2D eigenvalue weighted by molar-refractivity contribution is 7.85. The normalized spacial score (nSPS) is 32.0. The van der Waals surface area contributed by atoms with Crippen molar-refractivity contribution in [1.29, 1.82) is 0 Å². The third kappa shape index (κ3) is 4.73. The van der Waals surface area contributed by atoms with Gasteiger partial charge in [0.25, 0.3) is 10.1 Å². The predicted molar refractivity (Wildman–Crippen MR) is 159 cm³/mol. The van der Waals surface area contributed by atoms with Gasteiger partial charge >= 0.3 is 0 Å². The van der Waals surface area contributed by atoms with Gasteiger partial charge in [0.1, 0.15) is 0 Å². The summed E-state index contributed by atoms with van der Waals surface area (Å²) in [6.07, 6.45) is 6.54. The first-order chi connectivity index (χ1) is 18.5. The Balaban J connectivity index is 0.000000147. The Labute approximate surface area is 239 Å². The van der Waals surface area contributed by atoms with Crippen LogP contribution in [0.25, 0.3) is 6.08 Å². The van der Waals surface area contributed by atoms with Crippen molar-refractivity contribution in [2.75, 3.05) is 0 Å². The van der Waals surface area contributed by atoms with Crippen LogP contribution in [-0.2, 0) is 19.7 Å². The molecule has 0 radical (unpaired) electrons. The van der Waals surface area contributed by atoms with Gasteiger partial charge in [0.15, 0.2) is 11.6 Å². The highest BCUT2D eigenvalue weighted by Crippen LogP contribution is 2.66. The van der Waals surface area contributed by atoms with Crippen molar-refractivity contribution in [2.45, 2.75) is 72.1 Å². The predicted octanol–water partition coefficient (Wildman–Crippen LogP) is 7.60. The Morgan fingerprint density at radius 2 is 1.20 bits per heavy atom. The number of fused-ring (bicyclic) bond motifs is 4. The summed E-state index contributed by atoms with van der Waals surface area (Å²) in [6, 6.07) is 17.6. The molecule has 40 heavy (non-hydrogen) atoms. The molecule has 0 aliphatic heterocycles. The number of benzene rings is 2. The summed E-state index contributed by atoms with van der Waals surface area (Å²) in [6.45, 7) is 17.1. The molecule has 4 bridgehead atoms. The van der Waals surface area contributed by atoms with Gasteiger partial charge in [-0.1, -0.05) is 96.7 Å². The van der Waals surface area contributed by atoms with Crippen LogP contribution in [0.4, 0.5) is 0 Å². The quantitative estimate of drug-likeness (QED) is 0.301. The number of rotatable bonds is 2. The van der Waals surface area contributed by atoms with E-state index in [4.69, 9.17) is 4.55 Å². The van der Waals surface area contributed by atoms with Gasteiger partial charge in [0, 0.05) is 10.8 Å². The molecule has 4 atom stereocenters. The molecule has 214 valence electrons. The highest BCUT2D eigenvalue weighted by Gasteiger charge is 2.64. The van der Waals surface area contributed by atoms with Crippen LogP contribution in [0.15, 0.2) is 83.3 Å². The van der Waals surface area contributed by atoms with E-state index in [1.165, 1.54) is 12.1 Å². The zero-order valence-corrected chi connectivity index (χ0v) is 25.3. The van der Waals surface area contributed by atoms with Crippen LogP contribution in [0.3, 0.4) is 0 Å². The third-order valence-electron chi connectivity index (χ3n) is 11.0. The Morgan fingerprint density at radius 3 is 1.55 bits per heavy atom. The molecule has 0 saturated heterocycles. The summed E-state index contributed by atoms with van der Waals surface area (Å²) in [5.41, 5.74) is 3.11. The molecule has 1 N–H and O–H groups in total. The molecule has 5 nitrogen and oxygen atoms in total. The van der Waals surface area contributed by atoms with Crippen molar-refractivity contribution < 1.29 is 22.6 Å². The van der Waals surface area contributed by atoms with E-state index in [1.54, 1.807) is 18.2 Å². The van der Waals surface area contributed by atoms with Crippen molar-refractivity contribution in [2.24, 2.45) is 33.5 Å². The smallest absolute Gasteiger partial charge is 0.294 e. The van der Waals surface area contributed by atoms with E-state index in [9.17, 15) is 18.0 Å². The average Bonchev–Trinajstić information content (AvgIpc) is 3.39. The number of hydrogen-bond acceptors (Lipinski definition) is 4. The highest BCUT2D eigenvalue weighted by atomic mass is 32.2. The molecule has 6 heteroatoms. The fraction of sp³-hybridized carbons (Fsp3) is 0.471. The minimum atomic E-state index is -4.00. The van der Waals surface area contributed by atoms with Crippen molar-refractivity contribution in [3.63, 3.8) is 0 Å². The Morgan fingerprint density at radius 1 is 0.750 bits per heavy atom. The lowest BCUT2D eigenvalue weighted by molar-refractivity contribution is -0.126. The van der Waals surface area contributed by atoms with Crippen molar-refractivity contribution in [1.82, 2.24) is 0 Å². The summed E-state index contributed by atoms with van der Waals surface area (Å²) in [4.78, 5) is 24.4. The first kappa shape index (κ1) is 30.1. The molecule has 2 aromatic carbocycles. The lowest BCUT2D eigenvalue weighted by Gasteiger charge is -2.31. The molecule has 4 saturated carbocycles. The molecule has 6 rings (SSSR count). The van der Waals surface area contributed by atoms with Crippen LogP contribution < -0.4 is 0 Å². The van der Waals surface area contributed by atoms with Gasteiger partial charge in [0.2, 0.25) is 0 Å². The number of allylic oxidation sites excluding steroid dienone is 2. The van der Waals surface area contributed by atoms with E-state index >= 15 is 0 Å². The maximum Gasteiger partial charge on any atom is 0.294 e. The zero-order valence-electron chi connectivity index (χ0n) is 24.5. The number of hydrogen-bond donors (Lipinski definition) is 1. The summed E-state index contributed by atoms with van der Waals surface area (Å²) >= 11 is 0. The average molecular weight is 563 g/mol. The van der Waals surface area contributed by atoms with Gasteiger partial charge in [0.05, 0.1) is 4.90 Å². The summed E-state index contributed by atoms with van der Waals surface area (Å²) in [5, 5.41) is 0. The fourth-order valence-electron chi connectivity index (χ4n) is 7.44. The Hall–Kier alpha value is -2.83. The minimum absolute atomic E-state index is 0.0741. The number of carbonyl (C=O) groups excluding carboxylic acids is 2.